The smallest absolute Gasteiger partial charge is 0.377 e. The maximum absolute atomic E-state index is 13.2. The highest BCUT2D eigenvalue weighted by atomic mass is 32.2. The quantitative estimate of drug-likeness (QED) is 0.373. The van der Waals surface area contributed by atoms with Crippen LogP contribution in [0, 0.1) is 0 Å². The van der Waals surface area contributed by atoms with Crippen LogP contribution in [0.3, 0.4) is 0 Å². The molecule has 0 bridgehead atoms. The molecule has 2 rings (SSSR count). The van der Waals surface area contributed by atoms with Crippen LogP contribution in [0.4, 0.5) is 0 Å². The number of ether oxygens (including phenoxy) is 4. The first-order valence-corrected chi connectivity index (χ1v) is 10.1. The molecule has 0 radical (unpaired) electrons. The van der Waals surface area contributed by atoms with Crippen LogP contribution < -0.4 is 4.74 Å². The molecule has 0 saturated heterocycles. The minimum Gasteiger partial charge on any atom is -0.500 e. The fourth-order valence-electron chi connectivity index (χ4n) is 2.39. The summed E-state index contributed by atoms with van der Waals surface area (Å²) in [6.45, 7) is 5.15. The van der Waals surface area contributed by atoms with Crippen LogP contribution in [0.2, 0.25) is 0 Å². The van der Waals surface area contributed by atoms with Gasteiger partial charge >= 0.3 is 11.9 Å². The van der Waals surface area contributed by atoms with Gasteiger partial charge in [-0.05, 0) is 45.0 Å². The Bertz CT molecular complexity index is 959. The lowest BCUT2D eigenvalue weighted by Gasteiger charge is -2.22. The van der Waals surface area contributed by atoms with Crippen LogP contribution in [0.15, 0.2) is 70.3 Å². The fourth-order valence-corrected chi connectivity index (χ4v) is 3.62. The molecule has 0 aliphatic heterocycles. The summed E-state index contributed by atoms with van der Waals surface area (Å²) in [5, 5.41) is 0. The number of benzene rings is 2. The first-order valence-electron chi connectivity index (χ1n) is 9.00. The highest BCUT2D eigenvalue weighted by Gasteiger charge is 2.28. The van der Waals surface area contributed by atoms with E-state index in [-0.39, 0.29) is 22.0 Å². The van der Waals surface area contributed by atoms with Crippen molar-refractivity contribution in [1.82, 2.24) is 0 Å². The van der Waals surface area contributed by atoms with E-state index in [4.69, 9.17) is 14.2 Å². The third kappa shape index (κ3) is 5.93. The summed E-state index contributed by atoms with van der Waals surface area (Å²) < 4.78 is 33.9. The molecule has 2 aromatic rings. The molecule has 0 aliphatic carbocycles. The Hall–Kier alpha value is -3.13. The van der Waals surface area contributed by atoms with Crippen molar-refractivity contribution >= 4 is 22.7 Å². The Morgan fingerprint density at radius 2 is 1.63 bits per heavy atom. The van der Waals surface area contributed by atoms with Gasteiger partial charge in [0, 0.05) is 4.90 Å². The van der Waals surface area contributed by atoms with Gasteiger partial charge in [0.05, 0.1) is 29.9 Å². The highest BCUT2D eigenvalue weighted by Crippen LogP contribution is 2.31. The molecule has 7 nitrogen and oxygen atoms in total. The molecule has 8 heteroatoms. The number of esters is 2. The van der Waals surface area contributed by atoms with Crippen LogP contribution in [-0.2, 0) is 29.8 Å². The van der Waals surface area contributed by atoms with E-state index in [0.717, 1.165) is 6.26 Å². The Morgan fingerprint density at radius 1 is 0.967 bits per heavy atom. The van der Waals surface area contributed by atoms with Gasteiger partial charge in [-0.15, -0.1) is 0 Å². The maximum atomic E-state index is 13.2. The second-order valence-electron chi connectivity index (χ2n) is 7.02. The predicted octanol–water partition coefficient (Wildman–Crippen LogP) is 3.85. The SMILES string of the molecule is COC=C(Oc1cccc(S(=O)c2ccccc2)c1C(=O)OC(C)(C)C)C(=O)OC. The van der Waals surface area contributed by atoms with Gasteiger partial charge in [-0.3, -0.25) is 0 Å². The van der Waals surface area contributed by atoms with E-state index in [1.165, 1.54) is 20.3 Å². The molecule has 0 saturated carbocycles. The molecular formula is C22H24O7S. The molecule has 160 valence electrons. The standard InChI is InChI=1S/C22H24O7S/c1-22(2,3)29-21(24)19-16(28-17(14-26-4)20(23)27-5)12-9-13-18(19)30(25)15-10-7-6-8-11-15/h6-14H,1-5H3. The molecule has 0 spiro atoms. The van der Waals surface area contributed by atoms with Gasteiger partial charge in [0.1, 0.15) is 23.2 Å². The Balaban J connectivity index is 2.62. The van der Waals surface area contributed by atoms with Crippen LogP contribution >= 0.6 is 0 Å². The lowest BCUT2D eigenvalue weighted by atomic mass is 10.1. The third-order valence-corrected chi connectivity index (χ3v) is 5.02. The first kappa shape index (κ1) is 23.2. The van der Waals surface area contributed by atoms with Gasteiger partial charge in [0.15, 0.2) is 0 Å². The maximum Gasteiger partial charge on any atom is 0.377 e. The monoisotopic (exact) mass is 432 g/mol. The number of rotatable bonds is 7. The largest absolute Gasteiger partial charge is 0.500 e. The zero-order valence-corrected chi connectivity index (χ0v) is 18.3. The van der Waals surface area contributed by atoms with E-state index in [9.17, 15) is 13.8 Å². The van der Waals surface area contributed by atoms with Gasteiger partial charge < -0.3 is 18.9 Å². The highest BCUT2D eigenvalue weighted by molar-refractivity contribution is 7.85. The van der Waals surface area contributed by atoms with Gasteiger partial charge in [-0.25, -0.2) is 13.8 Å². The van der Waals surface area contributed by atoms with Crippen LogP contribution in [0.5, 0.6) is 5.75 Å². The number of methoxy groups -OCH3 is 2. The molecular weight excluding hydrogens is 408 g/mol. The molecule has 0 aliphatic rings. The molecule has 0 amide bonds. The molecule has 1 unspecified atom stereocenters. The van der Waals surface area contributed by atoms with Crippen molar-refractivity contribution in [3.8, 4) is 5.75 Å². The summed E-state index contributed by atoms with van der Waals surface area (Å²) in [4.78, 5) is 25.7. The van der Waals surface area contributed by atoms with E-state index >= 15 is 0 Å². The zero-order valence-electron chi connectivity index (χ0n) is 17.5. The molecule has 0 N–H and O–H groups in total. The minimum atomic E-state index is -1.70. The van der Waals surface area contributed by atoms with Gasteiger partial charge in [-0.1, -0.05) is 24.3 Å². The van der Waals surface area contributed by atoms with E-state index in [1.807, 2.05) is 0 Å². The molecule has 30 heavy (non-hydrogen) atoms. The van der Waals surface area contributed by atoms with Crippen molar-refractivity contribution in [2.75, 3.05) is 14.2 Å². The topological polar surface area (TPSA) is 88.1 Å². The summed E-state index contributed by atoms with van der Waals surface area (Å²) in [6.07, 6.45) is 1.05. The Kier molecular flexibility index (Phi) is 7.77. The van der Waals surface area contributed by atoms with E-state index in [0.29, 0.717) is 4.90 Å². The molecule has 0 heterocycles. The first-order chi connectivity index (χ1) is 14.2. The van der Waals surface area contributed by atoms with Crippen molar-refractivity contribution in [3.05, 3.63) is 66.1 Å². The fraction of sp³-hybridized carbons (Fsp3) is 0.273. The number of hydrogen-bond donors (Lipinski definition) is 0. The molecule has 0 aromatic heterocycles. The minimum absolute atomic E-state index is 0.0141. The molecule has 1 atom stereocenters. The number of carbonyl (C=O) groups excluding carboxylic acids is 2. The van der Waals surface area contributed by atoms with E-state index in [2.05, 4.69) is 4.74 Å². The van der Waals surface area contributed by atoms with Crippen molar-refractivity contribution in [2.45, 2.75) is 36.2 Å². The normalized spacial score (nSPS) is 12.6. The third-order valence-electron chi connectivity index (χ3n) is 3.58. The summed E-state index contributed by atoms with van der Waals surface area (Å²) in [5.41, 5.74) is -0.857. The van der Waals surface area contributed by atoms with Crippen molar-refractivity contribution in [3.63, 3.8) is 0 Å². The van der Waals surface area contributed by atoms with Gasteiger partial charge in [0.2, 0.25) is 5.76 Å². The molecule has 2 aromatic carbocycles. The number of hydrogen-bond acceptors (Lipinski definition) is 7. The Labute approximate surface area is 178 Å². The summed E-state index contributed by atoms with van der Waals surface area (Å²) in [5.74, 6) is -1.84. The van der Waals surface area contributed by atoms with Crippen LogP contribution in [0.25, 0.3) is 0 Å². The predicted molar refractivity (Wildman–Crippen MR) is 110 cm³/mol. The average molecular weight is 432 g/mol. The van der Waals surface area contributed by atoms with Gasteiger partial charge in [-0.2, -0.15) is 0 Å². The summed E-state index contributed by atoms with van der Waals surface area (Å²) in [6, 6.07) is 13.3. The lowest BCUT2D eigenvalue weighted by Crippen LogP contribution is -2.25. The zero-order chi connectivity index (χ0) is 22.3. The lowest BCUT2D eigenvalue weighted by molar-refractivity contribution is -0.138. The van der Waals surface area contributed by atoms with Crippen molar-refractivity contribution in [2.24, 2.45) is 0 Å². The average Bonchev–Trinajstić information content (AvgIpc) is 2.71. The summed E-state index contributed by atoms with van der Waals surface area (Å²) in [7, 11) is 0.824. The number of carbonyl (C=O) groups is 2. The van der Waals surface area contributed by atoms with E-state index in [1.54, 1.807) is 63.2 Å². The van der Waals surface area contributed by atoms with Crippen molar-refractivity contribution in [1.29, 1.82) is 0 Å². The Morgan fingerprint density at radius 3 is 2.20 bits per heavy atom. The van der Waals surface area contributed by atoms with Crippen molar-refractivity contribution < 1.29 is 32.7 Å². The van der Waals surface area contributed by atoms with E-state index < -0.39 is 28.3 Å². The second-order valence-corrected chi connectivity index (χ2v) is 8.47. The molecule has 0 fully saturated rings. The van der Waals surface area contributed by atoms with Gasteiger partial charge in [0.25, 0.3) is 0 Å². The van der Waals surface area contributed by atoms with Crippen LogP contribution in [0.1, 0.15) is 31.1 Å². The van der Waals surface area contributed by atoms with Crippen LogP contribution in [-0.4, -0.2) is 36.0 Å². The summed E-state index contributed by atoms with van der Waals surface area (Å²) >= 11 is 0. The second kappa shape index (κ2) is 10.1.